The molecular weight excluding hydrogens is 246 g/mol. The molecule has 2 heterocycles. The van der Waals surface area contributed by atoms with Gasteiger partial charge >= 0.3 is 0 Å². The maximum atomic E-state index is 12.7. The Balaban J connectivity index is 1.94. The van der Waals surface area contributed by atoms with Crippen molar-refractivity contribution in [2.45, 2.75) is 62.8 Å². The summed E-state index contributed by atoms with van der Waals surface area (Å²) in [7, 11) is 0. The van der Waals surface area contributed by atoms with Crippen LogP contribution in [-0.2, 0) is 10.2 Å². The zero-order valence-electron chi connectivity index (χ0n) is 12.0. The molecule has 20 heavy (non-hydrogen) atoms. The summed E-state index contributed by atoms with van der Waals surface area (Å²) in [6.07, 6.45) is 9.67. The van der Waals surface area contributed by atoms with E-state index in [4.69, 9.17) is 0 Å². The van der Waals surface area contributed by atoms with Gasteiger partial charge in [0.25, 0.3) is 0 Å². The fourth-order valence-electron chi connectivity index (χ4n) is 5.00. The van der Waals surface area contributed by atoms with E-state index in [-0.39, 0.29) is 17.4 Å². The summed E-state index contributed by atoms with van der Waals surface area (Å²) in [5, 5.41) is 3.33. The predicted octanol–water partition coefficient (Wildman–Crippen LogP) is 3.86. The van der Waals surface area contributed by atoms with Crippen molar-refractivity contribution < 1.29 is 4.79 Å². The molecule has 1 aliphatic carbocycles. The van der Waals surface area contributed by atoms with Crippen molar-refractivity contribution in [1.82, 2.24) is 5.32 Å². The summed E-state index contributed by atoms with van der Waals surface area (Å²) in [5.41, 5.74) is 3.03. The zero-order chi connectivity index (χ0) is 13.6. The highest BCUT2D eigenvalue weighted by atomic mass is 16.2. The van der Waals surface area contributed by atoms with E-state index >= 15 is 0 Å². The van der Waals surface area contributed by atoms with Gasteiger partial charge in [0.15, 0.2) is 0 Å². The monoisotopic (exact) mass is 269 g/mol. The van der Waals surface area contributed by atoms with Crippen molar-refractivity contribution in [3.63, 3.8) is 0 Å². The standard InChI is InChI=1S/C18H23NO/c20-17-15-9-6-10-16(19-17)13-7-2-3-8-14(13)18(15)11-4-1-5-12-18/h2-3,7-8,15-16H,1,4-6,9-12H2,(H,19,20). The van der Waals surface area contributed by atoms with E-state index in [9.17, 15) is 4.79 Å². The van der Waals surface area contributed by atoms with Gasteiger partial charge in [0.05, 0.1) is 6.04 Å². The lowest BCUT2D eigenvalue weighted by molar-refractivity contribution is -0.127. The molecule has 1 N–H and O–H groups in total. The second-order valence-corrected chi connectivity index (χ2v) is 6.85. The van der Waals surface area contributed by atoms with Crippen LogP contribution in [0.4, 0.5) is 0 Å². The van der Waals surface area contributed by atoms with E-state index in [1.165, 1.54) is 49.7 Å². The lowest BCUT2D eigenvalue weighted by Gasteiger charge is -2.43. The minimum Gasteiger partial charge on any atom is -0.349 e. The van der Waals surface area contributed by atoms with Crippen molar-refractivity contribution in [1.29, 1.82) is 0 Å². The number of hydrogen-bond donors (Lipinski definition) is 1. The Morgan fingerprint density at radius 1 is 1.00 bits per heavy atom. The van der Waals surface area contributed by atoms with Crippen molar-refractivity contribution in [2.24, 2.45) is 5.92 Å². The highest BCUT2D eigenvalue weighted by Gasteiger charge is 2.49. The number of nitrogens with one attached hydrogen (secondary N) is 1. The number of carbonyl (C=O) groups excluding carboxylic acids is 1. The highest BCUT2D eigenvalue weighted by molar-refractivity contribution is 5.82. The number of carbonyl (C=O) groups is 1. The van der Waals surface area contributed by atoms with Gasteiger partial charge in [0, 0.05) is 11.3 Å². The van der Waals surface area contributed by atoms with E-state index in [0.29, 0.717) is 5.91 Å². The van der Waals surface area contributed by atoms with Crippen LogP contribution in [0.1, 0.15) is 68.5 Å². The van der Waals surface area contributed by atoms with Crippen molar-refractivity contribution in [3.8, 4) is 0 Å². The van der Waals surface area contributed by atoms with Crippen LogP contribution in [-0.4, -0.2) is 5.91 Å². The molecule has 1 amide bonds. The average molecular weight is 269 g/mol. The largest absolute Gasteiger partial charge is 0.349 e. The van der Waals surface area contributed by atoms with Crippen LogP contribution in [0.5, 0.6) is 0 Å². The predicted molar refractivity (Wildman–Crippen MR) is 79.4 cm³/mol. The molecule has 2 aliphatic heterocycles. The molecule has 1 saturated carbocycles. The molecule has 4 rings (SSSR count). The van der Waals surface area contributed by atoms with Gasteiger partial charge in [-0.25, -0.2) is 0 Å². The Morgan fingerprint density at radius 2 is 1.80 bits per heavy atom. The summed E-state index contributed by atoms with van der Waals surface area (Å²) >= 11 is 0. The van der Waals surface area contributed by atoms with Gasteiger partial charge in [-0.15, -0.1) is 0 Å². The minimum atomic E-state index is 0.133. The third-order valence-electron chi connectivity index (χ3n) is 5.90. The molecular formula is C18H23NO. The van der Waals surface area contributed by atoms with Crippen LogP contribution in [0.25, 0.3) is 0 Å². The van der Waals surface area contributed by atoms with Gasteiger partial charge < -0.3 is 5.32 Å². The summed E-state index contributed by atoms with van der Waals surface area (Å²) in [6.45, 7) is 0. The lowest BCUT2D eigenvalue weighted by atomic mass is 9.59. The Labute approximate surface area is 121 Å². The topological polar surface area (TPSA) is 29.1 Å². The molecule has 0 radical (unpaired) electrons. The molecule has 1 aromatic rings. The second-order valence-electron chi connectivity index (χ2n) is 6.85. The van der Waals surface area contributed by atoms with Crippen LogP contribution in [0, 0.1) is 5.92 Å². The second kappa shape index (κ2) is 4.61. The van der Waals surface area contributed by atoms with E-state index in [1.807, 2.05) is 0 Å². The number of amides is 1. The molecule has 2 bridgehead atoms. The first kappa shape index (κ1) is 12.4. The SMILES string of the molecule is O=C1NC2CCCC1C1(CCCCC1)c1ccccc12. The maximum absolute atomic E-state index is 12.7. The highest BCUT2D eigenvalue weighted by Crippen LogP contribution is 2.52. The third kappa shape index (κ3) is 1.66. The summed E-state index contributed by atoms with van der Waals surface area (Å²) in [6, 6.07) is 9.12. The van der Waals surface area contributed by atoms with Gasteiger partial charge in [-0.2, -0.15) is 0 Å². The van der Waals surface area contributed by atoms with Crippen molar-refractivity contribution >= 4 is 5.91 Å². The van der Waals surface area contributed by atoms with Crippen LogP contribution in [0.2, 0.25) is 0 Å². The molecule has 3 aliphatic rings. The number of rotatable bonds is 0. The number of fused-ring (bicyclic) bond motifs is 7. The summed E-state index contributed by atoms with van der Waals surface area (Å²) in [4.78, 5) is 12.7. The number of hydrogen-bond acceptors (Lipinski definition) is 1. The Morgan fingerprint density at radius 3 is 2.65 bits per heavy atom. The van der Waals surface area contributed by atoms with Gasteiger partial charge in [-0.05, 0) is 36.8 Å². The average Bonchev–Trinajstić information content (AvgIpc) is 2.73. The normalized spacial score (nSPS) is 31.3. The molecule has 0 aromatic heterocycles. The fourth-order valence-corrected chi connectivity index (χ4v) is 5.00. The zero-order valence-corrected chi connectivity index (χ0v) is 12.0. The third-order valence-corrected chi connectivity index (χ3v) is 5.90. The Bertz CT molecular complexity index is 530. The van der Waals surface area contributed by atoms with E-state index in [0.717, 1.165) is 12.8 Å². The molecule has 2 fully saturated rings. The molecule has 1 spiro atoms. The van der Waals surface area contributed by atoms with Gasteiger partial charge in [0.2, 0.25) is 5.91 Å². The molecule has 2 nitrogen and oxygen atoms in total. The van der Waals surface area contributed by atoms with E-state index < -0.39 is 0 Å². The minimum absolute atomic E-state index is 0.133. The quantitative estimate of drug-likeness (QED) is 0.761. The van der Waals surface area contributed by atoms with Crippen LogP contribution in [0.3, 0.4) is 0 Å². The Hall–Kier alpha value is -1.31. The molecule has 1 saturated heterocycles. The first-order valence-electron chi connectivity index (χ1n) is 8.21. The molecule has 2 unspecified atom stereocenters. The van der Waals surface area contributed by atoms with Crippen LogP contribution >= 0.6 is 0 Å². The Kier molecular flexibility index (Phi) is 2.87. The summed E-state index contributed by atoms with van der Waals surface area (Å²) in [5.74, 6) is 0.530. The molecule has 2 atom stereocenters. The van der Waals surface area contributed by atoms with Crippen molar-refractivity contribution in [3.05, 3.63) is 35.4 Å². The fraction of sp³-hybridized carbons (Fsp3) is 0.611. The molecule has 2 heteroatoms. The first-order chi connectivity index (χ1) is 9.81. The maximum Gasteiger partial charge on any atom is 0.224 e. The van der Waals surface area contributed by atoms with Gasteiger partial charge in [0.1, 0.15) is 0 Å². The smallest absolute Gasteiger partial charge is 0.224 e. The molecule has 106 valence electrons. The van der Waals surface area contributed by atoms with E-state index in [2.05, 4.69) is 29.6 Å². The van der Waals surface area contributed by atoms with Crippen LogP contribution in [0.15, 0.2) is 24.3 Å². The van der Waals surface area contributed by atoms with Gasteiger partial charge in [-0.3, -0.25) is 4.79 Å². The number of benzene rings is 1. The van der Waals surface area contributed by atoms with Crippen molar-refractivity contribution in [2.75, 3.05) is 0 Å². The summed E-state index contributed by atoms with van der Waals surface area (Å²) < 4.78 is 0. The van der Waals surface area contributed by atoms with Crippen LogP contribution < -0.4 is 5.32 Å². The lowest BCUT2D eigenvalue weighted by Crippen LogP contribution is -2.43. The molecule has 1 aromatic carbocycles. The van der Waals surface area contributed by atoms with E-state index in [1.54, 1.807) is 0 Å². The first-order valence-corrected chi connectivity index (χ1v) is 8.21. The van der Waals surface area contributed by atoms with Gasteiger partial charge in [-0.1, -0.05) is 49.9 Å².